The third-order valence-corrected chi connectivity index (χ3v) is 3.56. The first-order valence-corrected chi connectivity index (χ1v) is 7.77. The molecule has 0 heterocycles. The maximum Gasteiger partial charge on any atom is 0.150 e. The summed E-state index contributed by atoms with van der Waals surface area (Å²) in [5, 5.41) is 3.81. The fourth-order valence-electron chi connectivity index (χ4n) is 1.83. The Morgan fingerprint density at radius 3 is 2.71 bits per heavy atom. The number of rotatable bonds is 5. The summed E-state index contributed by atoms with van der Waals surface area (Å²) in [6, 6.07) is 10.3. The highest BCUT2D eigenvalue weighted by atomic mass is 79.9. The summed E-state index contributed by atoms with van der Waals surface area (Å²) < 4.78 is 19.8. The van der Waals surface area contributed by atoms with Gasteiger partial charge in [0, 0.05) is 28.7 Å². The van der Waals surface area contributed by atoms with Crippen molar-refractivity contribution in [1.29, 1.82) is 0 Å². The number of hydrogen-bond acceptors (Lipinski definition) is 2. The predicted octanol–water partition coefficient (Wildman–Crippen LogP) is 5.53. The number of hydrogen-bond donors (Lipinski definition) is 1. The van der Waals surface area contributed by atoms with Gasteiger partial charge in [-0.1, -0.05) is 53.5 Å². The monoisotopic (exact) mass is 371 g/mol. The van der Waals surface area contributed by atoms with E-state index in [9.17, 15) is 4.39 Å². The van der Waals surface area contributed by atoms with Crippen LogP contribution in [0.1, 0.15) is 19.4 Å². The Labute approximate surface area is 137 Å². The maximum absolute atomic E-state index is 13.4. The number of para-hydroxylation sites is 1. The van der Waals surface area contributed by atoms with E-state index in [0.29, 0.717) is 33.6 Å². The van der Waals surface area contributed by atoms with E-state index in [-0.39, 0.29) is 5.82 Å². The second kappa shape index (κ2) is 7.25. The minimum Gasteiger partial charge on any atom is -0.455 e. The van der Waals surface area contributed by atoms with E-state index in [0.717, 1.165) is 5.56 Å². The molecule has 0 atom stereocenters. The molecule has 0 spiro atoms. The average molecular weight is 373 g/mol. The highest BCUT2D eigenvalue weighted by molar-refractivity contribution is 9.10. The lowest BCUT2D eigenvalue weighted by Gasteiger charge is -2.15. The fraction of sp³-hybridized carbons (Fsp3) is 0.250. The first kappa shape index (κ1) is 16.3. The van der Waals surface area contributed by atoms with E-state index >= 15 is 0 Å². The molecule has 0 amide bonds. The number of nitrogens with one attached hydrogen (secondary N) is 1. The van der Waals surface area contributed by atoms with E-state index in [4.69, 9.17) is 16.3 Å². The van der Waals surface area contributed by atoms with Crippen LogP contribution in [0.3, 0.4) is 0 Å². The summed E-state index contributed by atoms with van der Waals surface area (Å²) in [7, 11) is 0. The molecule has 0 bridgehead atoms. The molecule has 112 valence electrons. The van der Waals surface area contributed by atoms with Crippen molar-refractivity contribution >= 4 is 27.5 Å². The smallest absolute Gasteiger partial charge is 0.150 e. The van der Waals surface area contributed by atoms with Crippen LogP contribution in [0.5, 0.6) is 11.5 Å². The number of halogens is 3. The van der Waals surface area contributed by atoms with Crippen LogP contribution in [0, 0.1) is 5.82 Å². The summed E-state index contributed by atoms with van der Waals surface area (Å²) >= 11 is 9.46. The molecule has 0 aromatic heterocycles. The lowest BCUT2D eigenvalue weighted by molar-refractivity contribution is 0.464. The minimum absolute atomic E-state index is 0.347. The van der Waals surface area contributed by atoms with Gasteiger partial charge in [0.1, 0.15) is 17.3 Å². The standard InChI is InChI=1S/C16H16BrClFNO/c1-10(2)20-9-11-4-3-5-15(18)16(11)21-14-7-12(17)6-13(19)8-14/h3-8,10,20H,9H2,1-2H3. The number of benzene rings is 2. The van der Waals surface area contributed by atoms with Crippen LogP contribution >= 0.6 is 27.5 Å². The van der Waals surface area contributed by atoms with E-state index < -0.39 is 0 Å². The predicted molar refractivity (Wildman–Crippen MR) is 87.6 cm³/mol. The van der Waals surface area contributed by atoms with Gasteiger partial charge in [-0.3, -0.25) is 0 Å². The molecule has 1 N–H and O–H groups in total. The summed E-state index contributed by atoms with van der Waals surface area (Å²) in [6.07, 6.45) is 0. The first-order chi connectivity index (χ1) is 9.95. The quantitative estimate of drug-likeness (QED) is 0.745. The Bertz CT molecular complexity index is 613. The molecule has 2 rings (SSSR count). The van der Waals surface area contributed by atoms with Gasteiger partial charge < -0.3 is 10.1 Å². The molecule has 0 aliphatic rings. The molecular formula is C16H16BrClFNO. The maximum atomic E-state index is 13.4. The zero-order valence-electron chi connectivity index (χ0n) is 11.8. The van der Waals surface area contributed by atoms with Crippen molar-refractivity contribution < 1.29 is 9.13 Å². The molecule has 0 fully saturated rings. The third kappa shape index (κ3) is 4.70. The molecule has 0 radical (unpaired) electrons. The van der Waals surface area contributed by atoms with Crippen LogP contribution in [0.2, 0.25) is 5.02 Å². The second-order valence-electron chi connectivity index (χ2n) is 4.97. The Morgan fingerprint density at radius 1 is 1.29 bits per heavy atom. The van der Waals surface area contributed by atoms with Crippen molar-refractivity contribution in [2.24, 2.45) is 0 Å². The van der Waals surface area contributed by atoms with Crippen LogP contribution in [0.25, 0.3) is 0 Å². The van der Waals surface area contributed by atoms with Gasteiger partial charge >= 0.3 is 0 Å². The minimum atomic E-state index is -0.367. The lowest BCUT2D eigenvalue weighted by atomic mass is 10.2. The van der Waals surface area contributed by atoms with Gasteiger partial charge in [0.25, 0.3) is 0 Å². The zero-order chi connectivity index (χ0) is 15.4. The van der Waals surface area contributed by atoms with Crippen molar-refractivity contribution in [3.05, 3.63) is 57.3 Å². The average Bonchev–Trinajstić information content (AvgIpc) is 2.38. The van der Waals surface area contributed by atoms with Crippen LogP contribution in [-0.4, -0.2) is 6.04 Å². The topological polar surface area (TPSA) is 21.3 Å². The lowest BCUT2D eigenvalue weighted by Crippen LogP contribution is -2.22. The van der Waals surface area contributed by atoms with Gasteiger partial charge in [-0.15, -0.1) is 0 Å². The molecule has 2 aromatic rings. The molecule has 0 aliphatic heterocycles. The summed E-state index contributed by atoms with van der Waals surface area (Å²) in [5.41, 5.74) is 0.927. The van der Waals surface area contributed by atoms with E-state index in [1.165, 1.54) is 12.1 Å². The van der Waals surface area contributed by atoms with Crippen molar-refractivity contribution in [2.75, 3.05) is 0 Å². The Balaban J connectivity index is 2.29. The van der Waals surface area contributed by atoms with Crippen molar-refractivity contribution in [2.45, 2.75) is 26.4 Å². The van der Waals surface area contributed by atoms with Gasteiger partial charge in [-0.25, -0.2) is 4.39 Å². The van der Waals surface area contributed by atoms with Crippen LogP contribution in [-0.2, 0) is 6.54 Å². The normalized spacial score (nSPS) is 11.0. The summed E-state index contributed by atoms with van der Waals surface area (Å²) in [6.45, 7) is 4.76. The van der Waals surface area contributed by atoms with Gasteiger partial charge in [-0.05, 0) is 18.2 Å². The van der Waals surface area contributed by atoms with Crippen molar-refractivity contribution in [3.8, 4) is 11.5 Å². The van der Waals surface area contributed by atoms with Crippen LogP contribution in [0.15, 0.2) is 40.9 Å². The highest BCUT2D eigenvalue weighted by Gasteiger charge is 2.11. The summed E-state index contributed by atoms with van der Waals surface area (Å²) in [5.74, 6) is 0.582. The molecular weight excluding hydrogens is 357 g/mol. The molecule has 2 nitrogen and oxygen atoms in total. The fourth-order valence-corrected chi connectivity index (χ4v) is 2.50. The van der Waals surface area contributed by atoms with Crippen molar-refractivity contribution in [3.63, 3.8) is 0 Å². The molecule has 0 saturated heterocycles. The first-order valence-electron chi connectivity index (χ1n) is 6.60. The Hall–Kier alpha value is -1.10. The largest absolute Gasteiger partial charge is 0.455 e. The Morgan fingerprint density at radius 2 is 2.05 bits per heavy atom. The van der Waals surface area contributed by atoms with Gasteiger partial charge in [0.05, 0.1) is 5.02 Å². The van der Waals surface area contributed by atoms with Gasteiger partial charge in [0.15, 0.2) is 0 Å². The molecule has 21 heavy (non-hydrogen) atoms. The van der Waals surface area contributed by atoms with E-state index in [1.54, 1.807) is 12.1 Å². The molecule has 0 aliphatic carbocycles. The third-order valence-electron chi connectivity index (χ3n) is 2.81. The molecule has 2 aromatic carbocycles. The van der Waals surface area contributed by atoms with Crippen molar-refractivity contribution in [1.82, 2.24) is 5.32 Å². The molecule has 0 saturated carbocycles. The van der Waals surface area contributed by atoms with E-state index in [1.807, 2.05) is 12.1 Å². The SMILES string of the molecule is CC(C)NCc1cccc(Cl)c1Oc1cc(F)cc(Br)c1. The van der Waals surface area contributed by atoms with E-state index in [2.05, 4.69) is 35.1 Å². The molecule has 5 heteroatoms. The molecule has 0 unspecified atom stereocenters. The Kier molecular flexibility index (Phi) is 5.62. The van der Waals surface area contributed by atoms with Gasteiger partial charge in [0.2, 0.25) is 0 Å². The van der Waals surface area contributed by atoms with Crippen LogP contribution in [0.4, 0.5) is 4.39 Å². The summed E-state index contributed by atoms with van der Waals surface area (Å²) in [4.78, 5) is 0. The van der Waals surface area contributed by atoms with Crippen LogP contribution < -0.4 is 10.1 Å². The zero-order valence-corrected chi connectivity index (χ0v) is 14.1. The van der Waals surface area contributed by atoms with Gasteiger partial charge in [-0.2, -0.15) is 0 Å². The number of ether oxygens (including phenoxy) is 1. The second-order valence-corrected chi connectivity index (χ2v) is 6.29. The highest BCUT2D eigenvalue weighted by Crippen LogP contribution is 2.34.